The lowest BCUT2D eigenvalue weighted by Crippen LogP contribution is -2.44. The normalized spacial score (nSPS) is 21.4. The molecular weight excluding hydrogens is 328 g/mol. The molecule has 2 rings (SSSR count). The van der Waals surface area contributed by atoms with E-state index < -0.39 is 9.84 Å². The van der Waals surface area contributed by atoms with E-state index in [0.29, 0.717) is 12.4 Å². The number of nitrogens with zero attached hydrogens (tertiary/aromatic N) is 2. The summed E-state index contributed by atoms with van der Waals surface area (Å²) in [5.74, 6) is 2.14. The number of sulfone groups is 1. The molecule has 1 saturated heterocycles. The Labute approximate surface area is 133 Å². The number of thiazole rings is 1. The second-order valence-electron chi connectivity index (χ2n) is 4.74. The highest BCUT2D eigenvalue weighted by Crippen LogP contribution is 2.20. The van der Waals surface area contributed by atoms with Gasteiger partial charge in [0.1, 0.15) is 4.34 Å². The summed E-state index contributed by atoms with van der Waals surface area (Å²) >= 11 is 3.40. The van der Waals surface area contributed by atoms with Crippen molar-refractivity contribution < 1.29 is 8.42 Å². The molecule has 1 aromatic heterocycles. The Balaban J connectivity index is 1.62. The van der Waals surface area contributed by atoms with E-state index in [4.69, 9.17) is 0 Å². The van der Waals surface area contributed by atoms with Crippen LogP contribution in [0, 0.1) is 0 Å². The third kappa shape index (κ3) is 5.84. The van der Waals surface area contributed by atoms with Crippen LogP contribution < -0.4 is 10.6 Å². The molecule has 21 heavy (non-hydrogen) atoms. The zero-order valence-corrected chi connectivity index (χ0v) is 14.4. The molecule has 1 unspecified atom stereocenters. The van der Waals surface area contributed by atoms with Crippen molar-refractivity contribution in [2.24, 2.45) is 4.99 Å². The van der Waals surface area contributed by atoms with Gasteiger partial charge in [0.05, 0.1) is 11.5 Å². The van der Waals surface area contributed by atoms with Crippen LogP contribution in [0.4, 0.5) is 0 Å². The second-order valence-corrected chi connectivity index (χ2v) is 9.21. The quantitative estimate of drug-likeness (QED) is 0.345. The van der Waals surface area contributed by atoms with Gasteiger partial charge in [0.15, 0.2) is 15.8 Å². The largest absolute Gasteiger partial charge is 0.356 e. The number of aromatic nitrogens is 1. The first kappa shape index (κ1) is 16.6. The van der Waals surface area contributed by atoms with Crippen molar-refractivity contribution in [2.45, 2.75) is 23.2 Å². The topological polar surface area (TPSA) is 83.4 Å². The van der Waals surface area contributed by atoms with Gasteiger partial charge in [0, 0.05) is 37.0 Å². The average molecular weight is 349 g/mol. The van der Waals surface area contributed by atoms with Crippen molar-refractivity contribution in [3.8, 4) is 0 Å². The summed E-state index contributed by atoms with van der Waals surface area (Å²) < 4.78 is 23.9. The maximum Gasteiger partial charge on any atom is 0.191 e. The molecule has 2 N–H and O–H groups in total. The third-order valence-electron chi connectivity index (χ3n) is 3.05. The first-order valence-electron chi connectivity index (χ1n) is 6.79. The summed E-state index contributed by atoms with van der Waals surface area (Å²) in [6.07, 6.45) is 3.46. The Hall–Kier alpha value is -0.800. The molecule has 9 heteroatoms. The molecule has 1 fully saturated rings. The molecule has 0 aliphatic carbocycles. The maximum absolute atomic E-state index is 11.4. The van der Waals surface area contributed by atoms with E-state index in [-0.39, 0.29) is 17.5 Å². The molecule has 1 atom stereocenters. The summed E-state index contributed by atoms with van der Waals surface area (Å²) in [5.41, 5.74) is 0. The zero-order valence-electron chi connectivity index (χ0n) is 11.9. The number of rotatable bonds is 6. The number of hydrogen-bond donors (Lipinski definition) is 2. The molecule has 1 aliphatic heterocycles. The van der Waals surface area contributed by atoms with Crippen molar-refractivity contribution in [1.29, 1.82) is 0 Å². The van der Waals surface area contributed by atoms with Crippen LogP contribution >= 0.6 is 23.1 Å². The van der Waals surface area contributed by atoms with E-state index in [9.17, 15) is 8.42 Å². The summed E-state index contributed by atoms with van der Waals surface area (Å²) in [5, 5.41) is 8.36. The average Bonchev–Trinajstić information content (AvgIpc) is 3.06. The lowest BCUT2D eigenvalue weighted by atomic mass is 10.3. The van der Waals surface area contributed by atoms with Crippen LogP contribution in [0.3, 0.4) is 0 Å². The maximum atomic E-state index is 11.4. The number of nitrogens with one attached hydrogen (secondary N) is 2. The van der Waals surface area contributed by atoms with Gasteiger partial charge in [-0.2, -0.15) is 0 Å². The van der Waals surface area contributed by atoms with Crippen molar-refractivity contribution >= 4 is 38.9 Å². The smallest absolute Gasteiger partial charge is 0.191 e. The molecule has 6 nitrogen and oxygen atoms in total. The lowest BCUT2D eigenvalue weighted by molar-refractivity contribution is 0.599. The summed E-state index contributed by atoms with van der Waals surface area (Å²) in [6.45, 7) is 0.803. The van der Waals surface area contributed by atoms with Gasteiger partial charge in [-0.05, 0) is 12.8 Å². The number of aliphatic imine (C=N–C) groups is 1. The van der Waals surface area contributed by atoms with Gasteiger partial charge >= 0.3 is 0 Å². The minimum atomic E-state index is -2.86. The Kier molecular flexibility index (Phi) is 6.31. The Bertz CT molecular complexity index is 557. The van der Waals surface area contributed by atoms with Crippen molar-refractivity contribution in [2.75, 3.05) is 30.9 Å². The van der Waals surface area contributed by atoms with Crippen LogP contribution in [0.1, 0.15) is 12.8 Å². The van der Waals surface area contributed by atoms with E-state index in [1.165, 1.54) is 0 Å². The molecule has 1 aromatic rings. The van der Waals surface area contributed by atoms with Crippen LogP contribution in [-0.2, 0) is 9.84 Å². The highest BCUT2D eigenvalue weighted by molar-refractivity contribution is 8.01. The SMILES string of the molecule is CN=C(NCCCSc1nccs1)NC1CCS(=O)(=O)C1. The molecule has 2 heterocycles. The fourth-order valence-corrected chi connectivity index (χ4v) is 5.34. The van der Waals surface area contributed by atoms with Crippen LogP contribution in [-0.4, -0.2) is 56.3 Å². The summed E-state index contributed by atoms with van der Waals surface area (Å²) in [7, 11) is -1.16. The van der Waals surface area contributed by atoms with E-state index >= 15 is 0 Å². The lowest BCUT2D eigenvalue weighted by Gasteiger charge is -2.15. The number of hydrogen-bond acceptors (Lipinski definition) is 6. The molecule has 0 spiro atoms. The van der Waals surface area contributed by atoms with Gasteiger partial charge in [0.25, 0.3) is 0 Å². The number of thioether (sulfide) groups is 1. The van der Waals surface area contributed by atoms with Gasteiger partial charge in [-0.3, -0.25) is 4.99 Å². The van der Waals surface area contributed by atoms with Crippen LogP contribution in [0.15, 0.2) is 20.9 Å². The van der Waals surface area contributed by atoms with Gasteiger partial charge in [-0.1, -0.05) is 11.8 Å². The summed E-state index contributed by atoms with van der Waals surface area (Å²) in [4.78, 5) is 8.34. The van der Waals surface area contributed by atoms with E-state index in [0.717, 1.165) is 23.1 Å². The van der Waals surface area contributed by atoms with Crippen LogP contribution in [0.5, 0.6) is 0 Å². The molecule has 0 amide bonds. The molecule has 1 aliphatic rings. The summed E-state index contributed by atoms with van der Waals surface area (Å²) in [6, 6.07) is -0.0223. The fourth-order valence-electron chi connectivity index (χ4n) is 2.02. The second kappa shape index (κ2) is 8.00. The molecule has 0 radical (unpaired) electrons. The Morgan fingerprint density at radius 1 is 1.62 bits per heavy atom. The van der Waals surface area contributed by atoms with Gasteiger partial charge < -0.3 is 10.6 Å². The van der Waals surface area contributed by atoms with Crippen molar-refractivity contribution in [3.63, 3.8) is 0 Å². The molecule has 118 valence electrons. The van der Waals surface area contributed by atoms with Crippen molar-refractivity contribution in [1.82, 2.24) is 15.6 Å². The van der Waals surface area contributed by atoms with E-state index in [2.05, 4.69) is 20.6 Å². The molecular formula is C12H20N4O2S3. The monoisotopic (exact) mass is 348 g/mol. The predicted molar refractivity (Wildman–Crippen MR) is 89.0 cm³/mol. The van der Waals surface area contributed by atoms with Gasteiger partial charge in [0.2, 0.25) is 0 Å². The zero-order chi connectivity index (χ0) is 15.1. The van der Waals surface area contributed by atoms with E-state index in [1.54, 1.807) is 30.1 Å². The molecule has 0 bridgehead atoms. The minimum Gasteiger partial charge on any atom is -0.356 e. The standard InChI is InChI=1S/C12H20N4O2S3/c1-13-11(16-10-3-8-21(17,18)9-10)14-4-2-6-19-12-15-5-7-20-12/h5,7,10H,2-4,6,8-9H2,1H3,(H2,13,14,16). The third-order valence-corrected chi connectivity index (χ3v) is 6.87. The molecule has 0 aromatic carbocycles. The predicted octanol–water partition coefficient (Wildman–Crippen LogP) is 0.977. The number of guanidine groups is 1. The van der Waals surface area contributed by atoms with Crippen LogP contribution in [0.25, 0.3) is 0 Å². The van der Waals surface area contributed by atoms with Gasteiger partial charge in [-0.25, -0.2) is 13.4 Å². The fraction of sp³-hybridized carbons (Fsp3) is 0.667. The first-order chi connectivity index (χ1) is 10.1. The first-order valence-corrected chi connectivity index (χ1v) is 10.5. The Morgan fingerprint density at radius 3 is 3.10 bits per heavy atom. The van der Waals surface area contributed by atoms with E-state index in [1.807, 2.05) is 11.6 Å². The highest BCUT2D eigenvalue weighted by Gasteiger charge is 2.28. The molecule has 0 saturated carbocycles. The Morgan fingerprint density at radius 2 is 2.48 bits per heavy atom. The van der Waals surface area contributed by atoms with Crippen LogP contribution in [0.2, 0.25) is 0 Å². The minimum absolute atomic E-state index is 0.0223. The highest BCUT2D eigenvalue weighted by atomic mass is 32.2. The van der Waals surface area contributed by atoms with Crippen molar-refractivity contribution in [3.05, 3.63) is 11.6 Å². The van der Waals surface area contributed by atoms with Gasteiger partial charge in [-0.15, -0.1) is 11.3 Å².